The lowest BCUT2D eigenvalue weighted by Gasteiger charge is -1.90. The zero-order chi connectivity index (χ0) is 6.36. The van der Waals surface area contributed by atoms with Gasteiger partial charge in [-0.05, 0) is 0 Å². The van der Waals surface area contributed by atoms with Gasteiger partial charge in [0.15, 0.2) is 5.56 Å². The van der Waals surface area contributed by atoms with Crippen LogP contribution in [0.4, 0.5) is 0 Å². The van der Waals surface area contributed by atoms with Crippen LogP contribution >= 0.6 is 11.6 Å². The second-order valence-corrected chi connectivity index (χ2v) is 1.83. The highest BCUT2D eigenvalue weighted by atomic mass is 35.5. The molecule has 0 amide bonds. The summed E-state index contributed by atoms with van der Waals surface area (Å²) in [5.41, 5.74) is -1.08. The van der Waals surface area contributed by atoms with Crippen LogP contribution in [-0.2, 0) is 9.53 Å². The fourth-order valence-electron chi connectivity index (χ4n) is 0.271. The summed E-state index contributed by atoms with van der Waals surface area (Å²) in [7, 11) is 0. The molecule has 2 atom stereocenters. The summed E-state index contributed by atoms with van der Waals surface area (Å²) in [6, 6.07) is 0. The van der Waals surface area contributed by atoms with E-state index in [1.54, 1.807) is 0 Å². The fraction of sp³-hybridized carbons (Fsp3) is 0.667. The number of rotatable bonds is 1. The number of halogens is 1. The van der Waals surface area contributed by atoms with Crippen LogP contribution in [0.3, 0.4) is 0 Å². The van der Waals surface area contributed by atoms with Crippen molar-refractivity contribution in [3.63, 3.8) is 0 Å². The van der Waals surface area contributed by atoms with Gasteiger partial charge in [-0.25, -0.2) is 4.79 Å². The number of carboxylic acids is 1. The molecule has 0 spiro atoms. The average Bonchev–Trinajstić information content (AvgIpc) is 2.17. The molecule has 0 aromatic rings. The molecule has 1 saturated heterocycles. The Hall–Kier alpha value is -0.320. The monoisotopic (exact) mass is 138 g/mol. The van der Waals surface area contributed by atoms with Crippen molar-refractivity contribution < 1.29 is 19.7 Å². The first kappa shape index (κ1) is 5.81. The molecule has 0 aromatic carbocycles. The molecule has 0 aromatic heterocycles. The van der Waals surface area contributed by atoms with Crippen molar-refractivity contribution in [3.05, 3.63) is 0 Å². The number of ether oxygens (including phenoxy) is 1. The van der Waals surface area contributed by atoms with E-state index in [4.69, 9.17) is 21.8 Å². The minimum absolute atomic E-state index is 1.08. The van der Waals surface area contributed by atoms with Crippen LogP contribution in [0.5, 0.6) is 0 Å². The van der Waals surface area contributed by atoms with E-state index in [9.17, 15) is 4.79 Å². The van der Waals surface area contributed by atoms with Crippen molar-refractivity contribution in [1.29, 1.82) is 0 Å². The Kier molecular flexibility index (Phi) is 0.974. The lowest BCUT2D eigenvalue weighted by atomic mass is 10.4. The third kappa shape index (κ3) is 0.577. The molecule has 5 heteroatoms. The lowest BCUT2D eigenvalue weighted by Crippen LogP contribution is -2.24. The van der Waals surface area contributed by atoms with Gasteiger partial charge in [-0.1, -0.05) is 11.6 Å². The van der Waals surface area contributed by atoms with Gasteiger partial charge in [-0.2, -0.15) is 0 Å². The predicted molar refractivity (Wildman–Crippen MR) is 23.3 cm³/mol. The number of aliphatic hydroxyl groups is 1. The summed E-state index contributed by atoms with van der Waals surface area (Å²) < 4.78 is 4.09. The van der Waals surface area contributed by atoms with E-state index in [0.717, 1.165) is 0 Å². The summed E-state index contributed by atoms with van der Waals surface area (Å²) in [6.45, 7) is 0. The first-order chi connectivity index (χ1) is 3.57. The Morgan fingerprint density at radius 3 is 2.25 bits per heavy atom. The lowest BCUT2D eigenvalue weighted by molar-refractivity contribution is -0.157. The largest absolute Gasteiger partial charge is 0.477 e. The van der Waals surface area contributed by atoms with E-state index >= 15 is 0 Å². The van der Waals surface area contributed by atoms with E-state index < -0.39 is 17.3 Å². The highest BCUT2D eigenvalue weighted by Gasteiger charge is 2.62. The Balaban J connectivity index is 2.60. The highest BCUT2D eigenvalue weighted by molar-refractivity contribution is 6.24. The van der Waals surface area contributed by atoms with Crippen LogP contribution in [0.25, 0.3) is 0 Å². The van der Waals surface area contributed by atoms with Gasteiger partial charge in [0.1, 0.15) is 0 Å². The smallest absolute Gasteiger partial charge is 0.368 e. The molecule has 2 N–H and O–H groups in total. The van der Waals surface area contributed by atoms with E-state index in [2.05, 4.69) is 4.74 Å². The molecule has 0 aliphatic carbocycles. The first-order valence-electron chi connectivity index (χ1n) is 1.85. The summed E-state index contributed by atoms with van der Waals surface area (Å²) in [5.74, 6) is -3.56. The van der Waals surface area contributed by atoms with Gasteiger partial charge in [-0.15, -0.1) is 0 Å². The Bertz CT molecular complexity index is 135. The number of carboxylic acid groups (broad SMARTS) is 1. The predicted octanol–water partition coefficient (Wildman–Crippen LogP) is -0.645. The van der Waals surface area contributed by atoms with Crippen LogP contribution in [0.15, 0.2) is 0 Å². The quantitative estimate of drug-likeness (QED) is 0.373. The number of carbonyl (C=O) groups is 1. The molecule has 1 rings (SSSR count). The van der Waals surface area contributed by atoms with E-state index in [-0.39, 0.29) is 0 Å². The standard InChI is InChI=1S/C3H3ClO4/c4-1-3(7,8-1)2(5)6/h1,7H,(H,5,6). The fourth-order valence-corrected chi connectivity index (χ4v) is 0.500. The molecular formula is C3H3ClO4. The van der Waals surface area contributed by atoms with Crippen LogP contribution in [-0.4, -0.2) is 27.5 Å². The van der Waals surface area contributed by atoms with Crippen LogP contribution in [0.1, 0.15) is 0 Å². The molecule has 1 fully saturated rings. The number of aliphatic carboxylic acids is 1. The second-order valence-electron chi connectivity index (χ2n) is 1.44. The number of alkyl halides is 1. The summed E-state index contributed by atoms with van der Waals surface area (Å²) in [5, 5.41) is 16.5. The van der Waals surface area contributed by atoms with Gasteiger partial charge in [0.2, 0.25) is 0 Å². The third-order valence-electron chi connectivity index (χ3n) is 0.840. The van der Waals surface area contributed by atoms with E-state index in [0.29, 0.717) is 0 Å². The highest BCUT2D eigenvalue weighted by Crippen LogP contribution is 2.36. The molecule has 1 aliphatic heterocycles. The van der Waals surface area contributed by atoms with Gasteiger partial charge in [0.25, 0.3) is 0 Å². The van der Waals surface area contributed by atoms with E-state index in [1.165, 1.54) is 0 Å². The molecule has 8 heavy (non-hydrogen) atoms. The van der Waals surface area contributed by atoms with Crippen molar-refractivity contribution >= 4 is 17.6 Å². The minimum atomic E-state index is -2.11. The maximum Gasteiger partial charge on any atom is 0.368 e. The molecule has 0 bridgehead atoms. The maximum absolute atomic E-state index is 9.83. The van der Waals surface area contributed by atoms with Crippen molar-refractivity contribution in [2.75, 3.05) is 0 Å². The van der Waals surface area contributed by atoms with Crippen LogP contribution in [0.2, 0.25) is 0 Å². The Morgan fingerprint density at radius 2 is 2.25 bits per heavy atom. The van der Waals surface area contributed by atoms with Gasteiger partial charge in [-0.3, -0.25) is 0 Å². The van der Waals surface area contributed by atoms with Crippen molar-refractivity contribution in [1.82, 2.24) is 0 Å². The maximum atomic E-state index is 9.83. The van der Waals surface area contributed by atoms with Crippen molar-refractivity contribution in [3.8, 4) is 0 Å². The summed E-state index contributed by atoms with van der Waals surface area (Å²) in [6.07, 6.45) is 0. The molecule has 1 aliphatic rings. The molecule has 2 unspecified atom stereocenters. The zero-order valence-electron chi connectivity index (χ0n) is 3.67. The topological polar surface area (TPSA) is 70.1 Å². The van der Waals surface area contributed by atoms with Crippen molar-refractivity contribution in [2.45, 2.75) is 11.4 Å². The Labute approximate surface area is 49.6 Å². The van der Waals surface area contributed by atoms with E-state index in [1.807, 2.05) is 0 Å². The second kappa shape index (κ2) is 1.34. The molecule has 0 saturated carbocycles. The van der Waals surface area contributed by atoms with Gasteiger partial charge in [0, 0.05) is 0 Å². The molecule has 0 radical (unpaired) electrons. The molecule has 4 nitrogen and oxygen atoms in total. The summed E-state index contributed by atoms with van der Waals surface area (Å²) in [4.78, 5) is 9.83. The van der Waals surface area contributed by atoms with Crippen LogP contribution in [0, 0.1) is 0 Å². The van der Waals surface area contributed by atoms with Crippen molar-refractivity contribution in [2.24, 2.45) is 0 Å². The normalized spacial score (nSPS) is 44.0. The van der Waals surface area contributed by atoms with Gasteiger partial charge >= 0.3 is 11.8 Å². The molecular weight excluding hydrogens is 135 g/mol. The van der Waals surface area contributed by atoms with Gasteiger partial charge < -0.3 is 14.9 Å². The Morgan fingerprint density at radius 1 is 1.88 bits per heavy atom. The first-order valence-corrected chi connectivity index (χ1v) is 2.28. The van der Waals surface area contributed by atoms with Crippen LogP contribution < -0.4 is 0 Å². The number of epoxide rings is 1. The minimum Gasteiger partial charge on any atom is -0.477 e. The third-order valence-corrected chi connectivity index (χ3v) is 1.22. The summed E-state index contributed by atoms with van der Waals surface area (Å²) >= 11 is 5.03. The molecule has 1 heterocycles. The average molecular weight is 139 g/mol. The number of hydrogen-bond acceptors (Lipinski definition) is 3. The van der Waals surface area contributed by atoms with Gasteiger partial charge in [0.05, 0.1) is 0 Å². The number of hydrogen-bond donors (Lipinski definition) is 2. The zero-order valence-corrected chi connectivity index (χ0v) is 4.42. The molecule has 46 valence electrons. The SMILES string of the molecule is O=C(O)C1(O)OC1Cl.